The van der Waals surface area contributed by atoms with Crippen LogP contribution in [0.2, 0.25) is 0 Å². The minimum Gasteiger partial charge on any atom is -0.507 e. The second kappa shape index (κ2) is 10.9. The number of pyridine rings is 1. The fourth-order valence-electron chi connectivity index (χ4n) is 3.24. The first-order chi connectivity index (χ1) is 15.1. The number of aromatic nitrogens is 1. The van der Waals surface area contributed by atoms with Crippen LogP contribution in [0.1, 0.15) is 28.8 Å². The van der Waals surface area contributed by atoms with E-state index >= 15 is 0 Å². The summed E-state index contributed by atoms with van der Waals surface area (Å²) in [4.78, 5) is 25.0. The van der Waals surface area contributed by atoms with E-state index in [1.807, 2.05) is 26.1 Å². The van der Waals surface area contributed by atoms with Gasteiger partial charge in [-0.3, -0.25) is 19.8 Å². The van der Waals surface area contributed by atoms with E-state index in [-0.39, 0.29) is 11.7 Å². The van der Waals surface area contributed by atoms with Crippen LogP contribution < -0.4 is 10.6 Å². The number of phenols is 1. The van der Waals surface area contributed by atoms with Gasteiger partial charge in [0.05, 0.1) is 11.3 Å². The lowest BCUT2D eigenvalue weighted by molar-refractivity contribution is 0.0953. The molecule has 1 aromatic heterocycles. The third-order valence-electron chi connectivity index (χ3n) is 4.84. The molecule has 158 valence electrons. The van der Waals surface area contributed by atoms with Crippen molar-refractivity contribution in [1.82, 2.24) is 15.6 Å². The lowest BCUT2D eigenvalue weighted by Crippen LogP contribution is -2.31. The Hall–Kier alpha value is -3.68. The van der Waals surface area contributed by atoms with Crippen LogP contribution in [0.25, 0.3) is 0 Å². The second-order valence-electron chi connectivity index (χ2n) is 7.13. The highest BCUT2D eigenvalue weighted by atomic mass is 16.3. The first-order valence-electron chi connectivity index (χ1n) is 10.2. The van der Waals surface area contributed by atoms with E-state index in [0.29, 0.717) is 29.9 Å². The number of aromatic hydroxyl groups is 1. The van der Waals surface area contributed by atoms with Gasteiger partial charge in [0, 0.05) is 55.7 Å². The van der Waals surface area contributed by atoms with Gasteiger partial charge < -0.3 is 15.7 Å². The minimum absolute atomic E-state index is 0.152. The minimum atomic E-state index is -0.152. The van der Waals surface area contributed by atoms with Crippen LogP contribution in [-0.2, 0) is 0 Å². The Bertz CT molecular complexity index is 1040. The maximum Gasteiger partial charge on any atom is 0.252 e. The molecule has 0 saturated heterocycles. The molecule has 2 aromatic rings. The van der Waals surface area contributed by atoms with Gasteiger partial charge in [-0.1, -0.05) is 17.6 Å². The van der Waals surface area contributed by atoms with Gasteiger partial charge in [-0.2, -0.15) is 0 Å². The van der Waals surface area contributed by atoms with Gasteiger partial charge in [0.2, 0.25) is 0 Å². The Balaban J connectivity index is 1.71. The number of allylic oxidation sites excluding steroid dienone is 4. The predicted molar refractivity (Wildman–Crippen MR) is 127 cm³/mol. The lowest BCUT2D eigenvalue weighted by Gasteiger charge is -2.11. The molecule has 7 nitrogen and oxygen atoms in total. The first kappa shape index (κ1) is 22.0. The van der Waals surface area contributed by atoms with E-state index in [1.165, 1.54) is 0 Å². The normalized spacial score (nSPS) is 15.6. The molecule has 0 fully saturated rings. The summed E-state index contributed by atoms with van der Waals surface area (Å²) >= 11 is 0. The summed E-state index contributed by atoms with van der Waals surface area (Å²) in [6.07, 6.45) is 8.45. The van der Waals surface area contributed by atoms with Gasteiger partial charge >= 0.3 is 0 Å². The van der Waals surface area contributed by atoms with Crippen molar-refractivity contribution in [1.29, 1.82) is 0 Å². The lowest BCUT2D eigenvalue weighted by atomic mass is 9.93. The Morgan fingerprint density at radius 1 is 1.23 bits per heavy atom. The molecule has 1 aliphatic heterocycles. The van der Waals surface area contributed by atoms with Crippen molar-refractivity contribution in [3.8, 4) is 5.75 Å². The fourth-order valence-corrected chi connectivity index (χ4v) is 3.24. The van der Waals surface area contributed by atoms with E-state index in [0.717, 1.165) is 29.7 Å². The molecular formula is C23H26BN5O2. The third kappa shape index (κ3) is 6.15. The molecule has 1 aromatic carbocycles. The van der Waals surface area contributed by atoms with Crippen LogP contribution in [-0.4, -0.2) is 55.9 Å². The summed E-state index contributed by atoms with van der Waals surface area (Å²) in [6, 6.07) is 10.6. The van der Waals surface area contributed by atoms with Crippen molar-refractivity contribution in [2.75, 3.05) is 20.1 Å². The molecule has 1 amide bonds. The highest BCUT2D eigenvalue weighted by Crippen LogP contribution is 2.24. The maximum absolute atomic E-state index is 12.1. The first-order valence-corrected chi connectivity index (χ1v) is 10.2. The van der Waals surface area contributed by atoms with Crippen LogP contribution >= 0.6 is 0 Å². The number of amides is 1. The number of nitrogens with one attached hydrogen (secondary N) is 2. The van der Waals surface area contributed by atoms with Crippen molar-refractivity contribution in [2.24, 2.45) is 9.98 Å². The molecule has 0 spiro atoms. The number of nitrogens with zero attached hydrogens (tertiary/aromatic N) is 3. The van der Waals surface area contributed by atoms with Crippen molar-refractivity contribution < 1.29 is 9.90 Å². The molecule has 0 atom stereocenters. The van der Waals surface area contributed by atoms with Crippen LogP contribution in [0, 0.1) is 0 Å². The average molecular weight is 415 g/mol. The quantitative estimate of drug-likeness (QED) is 0.365. The largest absolute Gasteiger partial charge is 0.507 e. The third-order valence-corrected chi connectivity index (χ3v) is 4.84. The van der Waals surface area contributed by atoms with Gasteiger partial charge in [0.15, 0.2) is 0 Å². The molecular weight excluding hydrogens is 389 g/mol. The summed E-state index contributed by atoms with van der Waals surface area (Å²) in [5.41, 5.74) is 4.82. The molecule has 8 heteroatoms. The SMILES string of the molecule is BC(/C=N\C)=C1/CCC(NCCNC(=O)c2cccnc2)=CC(c2ccccc2O)=N1. The van der Waals surface area contributed by atoms with Crippen LogP contribution in [0.4, 0.5) is 0 Å². The number of hydrogen-bond donors (Lipinski definition) is 3. The Kier molecular flexibility index (Phi) is 7.76. The van der Waals surface area contributed by atoms with E-state index in [2.05, 4.69) is 20.6 Å². The number of phenolic OH excluding ortho intramolecular Hbond substituents is 1. The van der Waals surface area contributed by atoms with Gasteiger partial charge in [-0.25, -0.2) is 0 Å². The zero-order chi connectivity index (χ0) is 22.1. The Labute approximate surface area is 183 Å². The zero-order valence-corrected chi connectivity index (χ0v) is 17.8. The average Bonchev–Trinajstić information content (AvgIpc) is 3.00. The number of para-hydroxylation sites is 1. The van der Waals surface area contributed by atoms with Crippen molar-refractivity contribution in [2.45, 2.75) is 12.8 Å². The summed E-state index contributed by atoms with van der Waals surface area (Å²) in [5.74, 6) is 0.0320. The molecule has 0 saturated carbocycles. The molecule has 1 aliphatic rings. The monoisotopic (exact) mass is 415 g/mol. The molecule has 0 aliphatic carbocycles. The number of hydrogen-bond acceptors (Lipinski definition) is 6. The Morgan fingerprint density at radius 2 is 2.06 bits per heavy atom. The summed E-state index contributed by atoms with van der Waals surface area (Å²) < 4.78 is 0. The number of aliphatic imine (C=N–C) groups is 2. The molecule has 3 N–H and O–H groups in total. The van der Waals surface area contributed by atoms with E-state index in [1.54, 1.807) is 49.9 Å². The molecule has 0 radical (unpaired) electrons. The van der Waals surface area contributed by atoms with E-state index < -0.39 is 0 Å². The number of carbonyl (C=O) groups is 1. The van der Waals surface area contributed by atoms with Crippen LogP contribution in [0.15, 0.2) is 81.7 Å². The fraction of sp³-hybridized carbons (Fsp3) is 0.217. The summed E-state index contributed by atoms with van der Waals surface area (Å²) in [5, 5.41) is 16.6. The summed E-state index contributed by atoms with van der Waals surface area (Å²) in [6.45, 7) is 1.04. The zero-order valence-electron chi connectivity index (χ0n) is 17.8. The second-order valence-corrected chi connectivity index (χ2v) is 7.13. The Morgan fingerprint density at radius 3 is 2.81 bits per heavy atom. The van der Waals surface area contributed by atoms with Crippen LogP contribution in [0.3, 0.4) is 0 Å². The standard InChI is InChI=1S/C23H26BN5O2/c1-25-15-19(24)20-9-8-17(13-21(29-20)18-6-2-3-7-22(18)30)27-11-12-28-23(31)16-5-4-10-26-14-16/h2-7,10,13-15,27,30H,8-9,11-12,24H2,1H3,(H,28,31)/b20-19-,25-15-. The number of carbonyl (C=O) groups excluding carboxylic acids is 1. The van der Waals surface area contributed by atoms with Crippen LogP contribution in [0.5, 0.6) is 5.75 Å². The van der Waals surface area contributed by atoms with Crippen molar-refractivity contribution in [3.05, 3.63) is 82.9 Å². The molecule has 0 bridgehead atoms. The molecule has 31 heavy (non-hydrogen) atoms. The van der Waals surface area contributed by atoms with Gasteiger partial charge in [-0.05, 0) is 43.2 Å². The van der Waals surface area contributed by atoms with Crippen molar-refractivity contribution >= 4 is 25.7 Å². The van der Waals surface area contributed by atoms with E-state index in [4.69, 9.17) is 4.99 Å². The van der Waals surface area contributed by atoms with E-state index in [9.17, 15) is 9.90 Å². The highest BCUT2D eigenvalue weighted by molar-refractivity contribution is 6.33. The smallest absolute Gasteiger partial charge is 0.252 e. The molecule has 0 unspecified atom stereocenters. The topological polar surface area (TPSA) is 99.0 Å². The van der Waals surface area contributed by atoms with Gasteiger partial charge in [0.1, 0.15) is 13.6 Å². The maximum atomic E-state index is 12.1. The number of benzene rings is 1. The van der Waals surface area contributed by atoms with Crippen molar-refractivity contribution in [3.63, 3.8) is 0 Å². The number of rotatable bonds is 7. The van der Waals surface area contributed by atoms with Gasteiger partial charge in [-0.15, -0.1) is 0 Å². The highest BCUT2D eigenvalue weighted by Gasteiger charge is 2.14. The molecule has 2 heterocycles. The summed E-state index contributed by atoms with van der Waals surface area (Å²) in [7, 11) is 3.72. The van der Waals surface area contributed by atoms with Gasteiger partial charge in [0.25, 0.3) is 5.91 Å². The predicted octanol–water partition coefficient (Wildman–Crippen LogP) is 1.82. The molecule has 3 rings (SSSR count).